The van der Waals surface area contributed by atoms with Crippen LogP contribution in [0.15, 0.2) is 48.6 Å². The summed E-state index contributed by atoms with van der Waals surface area (Å²) in [7, 11) is -3.47. The minimum Gasteiger partial charge on any atom is -0.307 e. The Morgan fingerprint density at radius 1 is 0.769 bits per heavy atom. The Morgan fingerprint density at radius 2 is 1.23 bits per heavy atom. The second kappa shape index (κ2) is 18.8. The van der Waals surface area contributed by atoms with Crippen molar-refractivity contribution in [3.63, 3.8) is 0 Å². The summed E-state index contributed by atoms with van der Waals surface area (Å²) in [5.74, 6) is 0. The Hall–Kier alpha value is -0.960. The number of halogens is 1. The van der Waals surface area contributed by atoms with Gasteiger partial charge < -0.3 is 4.52 Å². The van der Waals surface area contributed by atoms with Gasteiger partial charge in [-0.15, -0.1) is 4.73 Å². The van der Waals surface area contributed by atoms with Gasteiger partial charge in [0.2, 0.25) is 0 Å². The van der Waals surface area contributed by atoms with E-state index in [1.807, 2.05) is 0 Å². The molecule has 0 aliphatic rings. The van der Waals surface area contributed by atoms with Crippen LogP contribution in [-0.4, -0.2) is 13.3 Å². The van der Waals surface area contributed by atoms with Crippen LogP contribution in [0.3, 0.4) is 0 Å². The highest BCUT2D eigenvalue weighted by Crippen LogP contribution is 2.44. The van der Waals surface area contributed by atoms with E-state index in [9.17, 15) is 9.09 Å². The molecule has 0 heterocycles. The molecule has 0 amide bonds. The van der Waals surface area contributed by atoms with Crippen LogP contribution in [0.5, 0.6) is 0 Å². The van der Waals surface area contributed by atoms with E-state index in [1.165, 1.54) is 25.7 Å². The molecule has 0 rings (SSSR count). The standard InChI is InChI=1S/C21H36FO3P/c1-3-4-5-6-7-8-9-10-11-12-13-14-15-16-17-18-19-20-21-24-26(2,23)25-22/h7-8,10-11,13-14,16-17H,3-6,9,12,15,18-21H2,1-2H3/b8-7-,11-10-,14-13-,17-16-. The maximum Gasteiger partial charge on any atom is 0.360 e. The molecule has 0 aromatic heterocycles. The lowest BCUT2D eigenvalue weighted by Crippen LogP contribution is -1.92. The molecule has 0 N–H and O–H groups in total. The van der Waals surface area contributed by atoms with Gasteiger partial charge in [0.1, 0.15) is 0 Å². The Bertz CT molecular complexity index is 470. The lowest BCUT2D eigenvalue weighted by molar-refractivity contribution is -0.0246. The predicted octanol–water partition coefficient (Wildman–Crippen LogP) is 7.87. The Balaban J connectivity index is 3.45. The summed E-state index contributed by atoms with van der Waals surface area (Å²) in [6.07, 6.45) is 28.2. The summed E-state index contributed by atoms with van der Waals surface area (Å²) in [6, 6.07) is 0. The van der Waals surface area contributed by atoms with Crippen LogP contribution in [0.1, 0.15) is 71.1 Å². The van der Waals surface area contributed by atoms with E-state index in [0.29, 0.717) is 0 Å². The minimum atomic E-state index is -3.47. The molecular weight excluding hydrogens is 350 g/mol. The summed E-state index contributed by atoms with van der Waals surface area (Å²) in [5.41, 5.74) is 0. The average molecular weight is 386 g/mol. The third-order valence-corrected chi connectivity index (χ3v) is 4.58. The molecule has 150 valence electrons. The van der Waals surface area contributed by atoms with Crippen molar-refractivity contribution in [2.45, 2.75) is 71.1 Å². The SMILES string of the molecule is CCCCC/C=C\C/C=C\C/C=C\C/C=C\CCCCOP(C)(=O)OF. The van der Waals surface area contributed by atoms with Gasteiger partial charge in [0.25, 0.3) is 0 Å². The van der Waals surface area contributed by atoms with Crippen molar-refractivity contribution < 1.29 is 18.3 Å². The molecule has 5 heteroatoms. The van der Waals surface area contributed by atoms with Crippen LogP contribution in [0.2, 0.25) is 0 Å². The van der Waals surface area contributed by atoms with Gasteiger partial charge in [0.05, 0.1) is 6.61 Å². The van der Waals surface area contributed by atoms with Gasteiger partial charge in [-0.2, -0.15) is 0 Å². The molecule has 1 unspecified atom stereocenters. The van der Waals surface area contributed by atoms with Crippen LogP contribution in [0.4, 0.5) is 4.53 Å². The van der Waals surface area contributed by atoms with Gasteiger partial charge in [0.15, 0.2) is 0 Å². The van der Waals surface area contributed by atoms with Crippen LogP contribution in [-0.2, 0) is 13.8 Å². The van der Waals surface area contributed by atoms with Crippen LogP contribution in [0, 0.1) is 0 Å². The molecule has 0 saturated carbocycles. The van der Waals surface area contributed by atoms with Gasteiger partial charge in [-0.1, -0.05) is 68.4 Å². The number of allylic oxidation sites excluding steroid dienone is 8. The minimum absolute atomic E-state index is 0.256. The van der Waals surface area contributed by atoms with E-state index in [-0.39, 0.29) is 6.61 Å². The molecule has 1 atom stereocenters. The quantitative estimate of drug-likeness (QED) is 0.145. The van der Waals surface area contributed by atoms with E-state index in [1.54, 1.807) is 0 Å². The second-order valence-corrected chi connectivity index (χ2v) is 8.20. The first kappa shape index (κ1) is 25.0. The number of hydrogen-bond donors (Lipinski definition) is 0. The van der Waals surface area contributed by atoms with Crippen molar-refractivity contribution in [3.8, 4) is 0 Å². The lowest BCUT2D eigenvalue weighted by atomic mass is 10.2. The summed E-state index contributed by atoms with van der Waals surface area (Å²) < 4.78 is 31.0. The molecule has 0 saturated heterocycles. The monoisotopic (exact) mass is 386 g/mol. The number of hydrogen-bond acceptors (Lipinski definition) is 3. The highest BCUT2D eigenvalue weighted by atomic mass is 31.2. The molecule has 26 heavy (non-hydrogen) atoms. The zero-order valence-corrected chi connectivity index (χ0v) is 17.3. The van der Waals surface area contributed by atoms with E-state index in [2.05, 4.69) is 60.3 Å². The highest BCUT2D eigenvalue weighted by Gasteiger charge is 2.16. The summed E-state index contributed by atoms with van der Waals surface area (Å²) in [6.45, 7) is 3.61. The van der Waals surface area contributed by atoms with Crippen LogP contribution >= 0.6 is 7.60 Å². The molecule has 0 fully saturated rings. The predicted molar refractivity (Wildman–Crippen MR) is 110 cm³/mol. The van der Waals surface area contributed by atoms with Gasteiger partial charge in [-0.25, -0.2) is 0 Å². The van der Waals surface area contributed by atoms with Gasteiger partial charge in [-0.05, 0) is 55.9 Å². The topological polar surface area (TPSA) is 35.5 Å². The molecule has 0 aromatic rings. The molecular formula is C21H36FO3P. The first-order valence-electron chi connectivity index (χ1n) is 9.74. The molecule has 0 spiro atoms. The molecule has 0 bridgehead atoms. The first-order valence-corrected chi connectivity index (χ1v) is 11.7. The summed E-state index contributed by atoms with van der Waals surface area (Å²) in [5, 5.41) is 0. The van der Waals surface area contributed by atoms with E-state index in [0.717, 1.165) is 45.2 Å². The van der Waals surface area contributed by atoms with Crippen LogP contribution < -0.4 is 0 Å². The van der Waals surface area contributed by atoms with Crippen molar-refractivity contribution in [3.05, 3.63) is 48.6 Å². The zero-order valence-electron chi connectivity index (χ0n) is 16.4. The molecule has 3 nitrogen and oxygen atoms in total. The fraction of sp³-hybridized carbons (Fsp3) is 0.619. The summed E-state index contributed by atoms with van der Waals surface area (Å²) in [4.78, 5) is 0. The third kappa shape index (κ3) is 19.4. The second-order valence-electron chi connectivity index (χ2n) is 6.26. The van der Waals surface area contributed by atoms with Gasteiger partial charge >= 0.3 is 7.60 Å². The van der Waals surface area contributed by atoms with Gasteiger partial charge in [0, 0.05) is 6.66 Å². The van der Waals surface area contributed by atoms with E-state index < -0.39 is 7.60 Å². The van der Waals surface area contributed by atoms with E-state index in [4.69, 9.17) is 4.52 Å². The fourth-order valence-corrected chi connectivity index (χ4v) is 2.68. The molecule has 0 aliphatic carbocycles. The smallest absolute Gasteiger partial charge is 0.307 e. The third-order valence-electron chi connectivity index (χ3n) is 3.67. The zero-order chi connectivity index (χ0) is 19.3. The van der Waals surface area contributed by atoms with Crippen LogP contribution in [0.25, 0.3) is 0 Å². The largest absolute Gasteiger partial charge is 0.360 e. The number of unbranched alkanes of at least 4 members (excludes halogenated alkanes) is 5. The number of rotatable bonds is 17. The molecule has 0 aromatic carbocycles. The highest BCUT2D eigenvalue weighted by molar-refractivity contribution is 7.52. The Morgan fingerprint density at radius 3 is 1.69 bits per heavy atom. The lowest BCUT2D eigenvalue weighted by Gasteiger charge is -2.06. The van der Waals surface area contributed by atoms with Crippen molar-refractivity contribution in [2.24, 2.45) is 0 Å². The van der Waals surface area contributed by atoms with Crippen molar-refractivity contribution in [2.75, 3.05) is 13.3 Å². The first-order chi connectivity index (χ1) is 12.6. The van der Waals surface area contributed by atoms with Crippen molar-refractivity contribution >= 4 is 7.60 Å². The fourth-order valence-electron chi connectivity index (χ4n) is 2.18. The molecule has 0 aliphatic heterocycles. The van der Waals surface area contributed by atoms with Crippen molar-refractivity contribution in [1.29, 1.82) is 0 Å². The maximum absolute atomic E-state index is 11.8. The Kier molecular flexibility index (Phi) is 18.1. The maximum atomic E-state index is 11.8. The Labute approximate surface area is 159 Å². The summed E-state index contributed by atoms with van der Waals surface area (Å²) >= 11 is 0. The van der Waals surface area contributed by atoms with E-state index >= 15 is 0 Å². The normalized spacial score (nSPS) is 15.0. The average Bonchev–Trinajstić information content (AvgIpc) is 2.63. The van der Waals surface area contributed by atoms with Crippen molar-refractivity contribution in [1.82, 2.24) is 0 Å². The molecule has 0 radical (unpaired) electrons. The van der Waals surface area contributed by atoms with Gasteiger partial charge in [-0.3, -0.25) is 4.57 Å².